The highest BCUT2D eigenvalue weighted by Gasteiger charge is 2.08. The highest BCUT2D eigenvalue weighted by Crippen LogP contribution is 2.16. The molecule has 3 heteroatoms. The Morgan fingerprint density at radius 3 is 2.44 bits per heavy atom. The number of hydrogen-bond donors (Lipinski definition) is 1. The van der Waals surface area contributed by atoms with Gasteiger partial charge in [0.25, 0.3) is 0 Å². The zero-order chi connectivity index (χ0) is 10.5. The van der Waals surface area contributed by atoms with Crippen LogP contribution in [0.1, 0.15) is 23.8 Å². The van der Waals surface area contributed by atoms with Crippen molar-refractivity contribution in [3.05, 3.63) is 60.1 Å². The normalized spacial score (nSPS) is 11.8. The van der Waals surface area contributed by atoms with Gasteiger partial charge in [-0.2, -0.15) is 0 Å². The minimum atomic E-state index is 0. The fourth-order valence-corrected chi connectivity index (χ4v) is 1.61. The summed E-state index contributed by atoms with van der Waals surface area (Å²) in [6.45, 7) is 0. The Labute approximate surface area is 102 Å². The highest BCUT2D eigenvalue weighted by atomic mass is 35.5. The lowest BCUT2D eigenvalue weighted by Gasteiger charge is -2.08. The van der Waals surface area contributed by atoms with Crippen LogP contribution in [0.5, 0.6) is 0 Å². The van der Waals surface area contributed by atoms with E-state index in [-0.39, 0.29) is 18.4 Å². The van der Waals surface area contributed by atoms with Gasteiger partial charge in [-0.05, 0) is 30.5 Å². The van der Waals surface area contributed by atoms with E-state index in [9.17, 15) is 0 Å². The fraction of sp³-hybridized carbons (Fsp3) is 0.231. The summed E-state index contributed by atoms with van der Waals surface area (Å²) in [4.78, 5) is 0. The van der Waals surface area contributed by atoms with Gasteiger partial charge in [-0.25, -0.2) is 0 Å². The Balaban J connectivity index is 0.00000128. The molecule has 0 spiro atoms. The first kappa shape index (κ1) is 12.8. The molecule has 86 valence electrons. The Hall–Kier alpha value is -1.25. The minimum absolute atomic E-state index is 0. The molecule has 16 heavy (non-hydrogen) atoms. The van der Waals surface area contributed by atoms with Crippen LogP contribution in [0.3, 0.4) is 0 Å². The van der Waals surface area contributed by atoms with Crippen LogP contribution in [-0.4, -0.2) is 0 Å². The van der Waals surface area contributed by atoms with E-state index in [0.717, 1.165) is 18.6 Å². The second-order valence-corrected chi connectivity index (χ2v) is 3.65. The number of rotatable bonds is 4. The number of hydrogen-bond acceptors (Lipinski definition) is 2. The summed E-state index contributed by atoms with van der Waals surface area (Å²) in [5.41, 5.74) is 7.31. The molecule has 1 unspecified atom stereocenters. The average molecular weight is 238 g/mol. The van der Waals surface area contributed by atoms with E-state index in [2.05, 4.69) is 12.1 Å². The number of halogens is 1. The first-order valence-corrected chi connectivity index (χ1v) is 5.19. The van der Waals surface area contributed by atoms with Gasteiger partial charge in [-0.1, -0.05) is 30.3 Å². The lowest BCUT2D eigenvalue weighted by Crippen LogP contribution is -2.10. The second-order valence-electron chi connectivity index (χ2n) is 3.65. The Bertz CT molecular complexity index is 386. The summed E-state index contributed by atoms with van der Waals surface area (Å²) in [7, 11) is 0. The minimum Gasteiger partial charge on any atom is -0.468 e. The van der Waals surface area contributed by atoms with Crippen molar-refractivity contribution in [3.8, 4) is 0 Å². The third-order valence-electron chi connectivity index (χ3n) is 2.50. The van der Waals surface area contributed by atoms with Crippen LogP contribution in [0.4, 0.5) is 0 Å². The lowest BCUT2D eigenvalue weighted by atomic mass is 10.0. The van der Waals surface area contributed by atoms with Crippen molar-refractivity contribution < 1.29 is 4.42 Å². The molecule has 0 fully saturated rings. The molecule has 1 aromatic carbocycles. The van der Waals surface area contributed by atoms with Gasteiger partial charge in [0.2, 0.25) is 0 Å². The maximum Gasteiger partial charge on any atom is 0.120 e. The largest absolute Gasteiger partial charge is 0.468 e. The summed E-state index contributed by atoms with van der Waals surface area (Å²) in [6, 6.07) is 14.2. The van der Waals surface area contributed by atoms with Crippen LogP contribution in [-0.2, 0) is 6.42 Å². The molecule has 0 aliphatic carbocycles. The summed E-state index contributed by atoms with van der Waals surface area (Å²) in [6.07, 6.45) is 3.57. The van der Waals surface area contributed by atoms with Crippen LogP contribution >= 0.6 is 12.4 Å². The van der Waals surface area contributed by atoms with E-state index in [1.54, 1.807) is 6.26 Å². The van der Waals surface area contributed by atoms with E-state index >= 15 is 0 Å². The molecule has 0 bridgehead atoms. The number of benzene rings is 1. The van der Waals surface area contributed by atoms with Crippen molar-refractivity contribution in [1.29, 1.82) is 0 Å². The summed E-state index contributed by atoms with van der Waals surface area (Å²) in [5, 5.41) is 0. The predicted molar refractivity (Wildman–Crippen MR) is 67.6 cm³/mol. The van der Waals surface area contributed by atoms with Gasteiger partial charge in [0.05, 0.1) is 12.3 Å². The molecule has 1 heterocycles. The molecule has 1 atom stereocenters. The lowest BCUT2D eigenvalue weighted by molar-refractivity contribution is 0.452. The molecule has 2 rings (SSSR count). The molecule has 0 saturated carbocycles. The van der Waals surface area contributed by atoms with Gasteiger partial charge in [-0.3, -0.25) is 0 Å². The molecule has 2 nitrogen and oxygen atoms in total. The first-order valence-electron chi connectivity index (χ1n) is 5.19. The first-order chi connectivity index (χ1) is 7.36. The third-order valence-corrected chi connectivity index (χ3v) is 2.50. The zero-order valence-corrected chi connectivity index (χ0v) is 9.82. The van der Waals surface area contributed by atoms with Gasteiger partial charge in [0, 0.05) is 0 Å². The predicted octanol–water partition coefficient (Wildman–Crippen LogP) is 3.33. The monoisotopic (exact) mass is 237 g/mol. The van der Waals surface area contributed by atoms with E-state index in [4.69, 9.17) is 10.2 Å². The SMILES string of the molecule is Cl.NC(CCc1ccccc1)c1ccco1. The van der Waals surface area contributed by atoms with E-state index < -0.39 is 0 Å². The molecule has 0 amide bonds. The second kappa shape index (κ2) is 6.36. The van der Waals surface area contributed by atoms with Crippen molar-refractivity contribution in [2.45, 2.75) is 18.9 Å². The van der Waals surface area contributed by atoms with Crippen LogP contribution in [0, 0.1) is 0 Å². The molecule has 2 N–H and O–H groups in total. The molecular weight excluding hydrogens is 222 g/mol. The summed E-state index contributed by atoms with van der Waals surface area (Å²) >= 11 is 0. The van der Waals surface area contributed by atoms with Gasteiger partial charge in [-0.15, -0.1) is 12.4 Å². The van der Waals surface area contributed by atoms with Gasteiger partial charge >= 0.3 is 0 Å². The molecule has 0 aliphatic rings. The fourth-order valence-electron chi connectivity index (χ4n) is 1.61. The van der Waals surface area contributed by atoms with Crippen molar-refractivity contribution in [3.63, 3.8) is 0 Å². The molecule has 0 saturated heterocycles. The molecular formula is C13H16ClNO. The van der Waals surface area contributed by atoms with E-state index in [1.165, 1.54) is 5.56 Å². The van der Waals surface area contributed by atoms with E-state index in [1.807, 2.05) is 30.3 Å². The zero-order valence-electron chi connectivity index (χ0n) is 9.00. The molecule has 0 radical (unpaired) electrons. The van der Waals surface area contributed by atoms with E-state index in [0.29, 0.717) is 0 Å². The molecule has 0 aliphatic heterocycles. The third kappa shape index (κ3) is 3.40. The topological polar surface area (TPSA) is 39.2 Å². The van der Waals surface area contributed by atoms with Crippen molar-refractivity contribution >= 4 is 12.4 Å². The van der Waals surface area contributed by atoms with Crippen LogP contribution < -0.4 is 5.73 Å². The number of furan rings is 1. The maximum atomic E-state index is 5.99. The smallest absolute Gasteiger partial charge is 0.120 e. The Morgan fingerprint density at radius 1 is 1.06 bits per heavy atom. The van der Waals surface area contributed by atoms with Crippen LogP contribution in [0.2, 0.25) is 0 Å². The quantitative estimate of drug-likeness (QED) is 0.886. The average Bonchev–Trinajstić information content (AvgIpc) is 2.81. The summed E-state index contributed by atoms with van der Waals surface area (Å²) in [5.74, 6) is 0.867. The van der Waals surface area contributed by atoms with Crippen molar-refractivity contribution in [2.24, 2.45) is 5.73 Å². The Kier molecular flexibility index (Phi) is 5.09. The van der Waals surface area contributed by atoms with Crippen LogP contribution in [0.25, 0.3) is 0 Å². The molecule has 2 aromatic rings. The van der Waals surface area contributed by atoms with Crippen molar-refractivity contribution in [1.82, 2.24) is 0 Å². The van der Waals surface area contributed by atoms with Gasteiger partial charge < -0.3 is 10.2 Å². The number of aryl methyl sites for hydroxylation is 1. The van der Waals surface area contributed by atoms with Crippen LogP contribution in [0.15, 0.2) is 53.1 Å². The van der Waals surface area contributed by atoms with Gasteiger partial charge in [0.1, 0.15) is 5.76 Å². The van der Waals surface area contributed by atoms with Crippen molar-refractivity contribution in [2.75, 3.05) is 0 Å². The summed E-state index contributed by atoms with van der Waals surface area (Å²) < 4.78 is 5.26. The standard InChI is InChI=1S/C13H15NO.ClH/c14-12(13-7-4-10-15-13)9-8-11-5-2-1-3-6-11;/h1-7,10,12H,8-9,14H2;1H. The van der Waals surface area contributed by atoms with Gasteiger partial charge in [0.15, 0.2) is 0 Å². The highest BCUT2D eigenvalue weighted by molar-refractivity contribution is 5.85. The molecule has 1 aromatic heterocycles. The maximum absolute atomic E-state index is 5.99. The number of nitrogens with two attached hydrogens (primary N) is 1. The Morgan fingerprint density at radius 2 is 1.81 bits per heavy atom.